The zero-order chi connectivity index (χ0) is 39.2. The van der Waals surface area contributed by atoms with Gasteiger partial charge in [-0.15, -0.1) is 0 Å². The fraction of sp³-hybridized carbons (Fsp3) is 0.244. The highest BCUT2D eigenvalue weighted by Gasteiger charge is 2.28. The molecule has 5 aromatic rings. The fourth-order valence-corrected chi connectivity index (χ4v) is 7.42. The average molecular weight is 753 g/mol. The molecule has 0 spiro atoms. The van der Waals surface area contributed by atoms with Gasteiger partial charge in [-0.3, -0.25) is 19.4 Å². The lowest BCUT2D eigenvalue weighted by atomic mass is 10.1. The maximum atomic E-state index is 12.1. The van der Waals surface area contributed by atoms with Gasteiger partial charge in [0.15, 0.2) is 29.3 Å². The summed E-state index contributed by atoms with van der Waals surface area (Å²) in [6.45, 7) is 2.82. The number of likely N-dealkylation sites (N-methyl/N-ethyl adjacent to an activating group) is 1. The number of fused-ring (bicyclic) bond motifs is 2. The molecule has 2 aliphatic heterocycles. The van der Waals surface area contributed by atoms with Crippen LogP contribution in [0.2, 0.25) is 0 Å². The minimum atomic E-state index is -0.203. The van der Waals surface area contributed by atoms with Crippen molar-refractivity contribution >= 4 is 47.9 Å². The molecule has 56 heavy (non-hydrogen) atoms. The molecule has 1 amide bonds. The number of ether oxygens (including phenoxy) is 4. The van der Waals surface area contributed by atoms with Gasteiger partial charge >= 0.3 is 0 Å². The molecule has 0 radical (unpaired) electrons. The van der Waals surface area contributed by atoms with E-state index >= 15 is 0 Å². The Morgan fingerprint density at radius 1 is 0.750 bits per heavy atom. The lowest BCUT2D eigenvalue weighted by Gasteiger charge is -2.24. The van der Waals surface area contributed by atoms with Gasteiger partial charge in [0, 0.05) is 66.5 Å². The Kier molecular flexibility index (Phi) is 11.3. The van der Waals surface area contributed by atoms with Crippen LogP contribution in [0.15, 0.2) is 96.0 Å². The van der Waals surface area contributed by atoms with Crippen LogP contribution in [-0.4, -0.2) is 65.1 Å². The van der Waals surface area contributed by atoms with Crippen molar-refractivity contribution in [1.82, 2.24) is 0 Å². The van der Waals surface area contributed by atoms with Crippen LogP contribution >= 0.6 is 0 Å². The maximum absolute atomic E-state index is 12.1. The summed E-state index contributed by atoms with van der Waals surface area (Å²) in [5.74, 6) is 1.89. The standard InChI is InChI=1S/C45H44N4O7/c1-29-13-42(53-3)44(20-38(29)46-23-37-18-34-10-6-8-12-41(34)49(37)28-52)55-26-31-14-30(24-50)15-32(16-31)27-56-45-21-39(35(25-51)19-43(45)54-4)47-22-36-17-33-9-5-7-11-40(33)48(36)2/h5-16,19-21,23-25,28,36-37,47H,17-18,22,26-27H2,1-4H3/t36?,37-/m0/s1. The summed E-state index contributed by atoms with van der Waals surface area (Å²) in [5.41, 5.74) is 9.12. The van der Waals surface area contributed by atoms with Crippen LogP contribution in [0.3, 0.4) is 0 Å². The molecule has 0 fully saturated rings. The molecule has 0 saturated heterocycles. The smallest absolute Gasteiger partial charge is 0.214 e. The number of para-hydroxylation sites is 2. The summed E-state index contributed by atoms with van der Waals surface area (Å²) in [6.07, 6.45) is 5.80. The SMILES string of the molecule is COc1cc(C)c(N=C[C@@H]2Cc3ccccc3N2C=O)cc1OCc1cc(C=O)cc(COc2cc(NCC3Cc4ccccc4N3C)c(C=O)cc2OC)c1. The van der Waals surface area contributed by atoms with Crippen LogP contribution in [0.25, 0.3) is 0 Å². The number of benzene rings is 5. The van der Waals surface area contributed by atoms with E-state index < -0.39 is 0 Å². The highest BCUT2D eigenvalue weighted by Crippen LogP contribution is 2.38. The molecule has 7 rings (SSSR count). The van der Waals surface area contributed by atoms with Crippen LogP contribution in [0.5, 0.6) is 23.0 Å². The molecule has 0 bridgehead atoms. The third-order valence-corrected chi connectivity index (χ3v) is 10.4. The van der Waals surface area contributed by atoms with E-state index in [0.717, 1.165) is 53.3 Å². The Labute approximate surface area is 326 Å². The van der Waals surface area contributed by atoms with Gasteiger partial charge in [-0.2, -0.15) is 0 Å². The summed E-state index contributed by atoms with van der Waals surface area (Å²) in [7, 11) is 5.19. The molecule has 2 aliphatic rings. The molecule has 1 unspecified atom stereocenters. The summed E-state index contributed by atoms with van der Waals surface area (Å²) in [4.78, 5) is 44.8. The number of carbonyl (C=O) groups is 3. The molecule has 0 aliphatic carbocycles. The lowest BCUT2D eigenvalue weighted by molar-refractivity contribution is -0.107. The number of methoxy groups -OCH3 is 2. The van der Waals surface area contributed by atoms with E-state index in [1.807, 2.05) is 55.5 Å². The van der Waals surface area contributed by atoms with Crippen molar-refractivity contribution in [3.8, 4) is 23.0 Å². The van der Waals surface area contributed by atoms with E-state index in [1.165, 1.54) is 18.4 Å². The molecule has 1 N–H and O–H groups in total. The summed E-state index contributed by atoms with van der Waals surface area (Å²) in [5, 5.41) is 3.46. The number of nitrogens with zero attached hydrogens (tertiary/aromatic N) is 3. The number of rotatable bonds is 16. The number of aryl methyl sites for hydroxylation is 1. The van der Waals surface area contributed by atoms with Gasteiger partial charge in [0.2, 0.25) is 6.41 Å². The number of amides is 1. The molecule has 2 heterocycles. The second-order valence-electron chi connectivity index (χ2n) is 13.9. The summed E-state index contributed by atoms with van der Waals surface area (Å²) >= 11 is 0. The number of aldehydes is 2. The van der Waals surface area contributed by atoms with Crippen molar-refractivity contribution in [3.05, 3.63) is 130 Å². The van der Waals surface area contributed by atoms with Gasteiger partial charge in [0.25, 0.3) is 0 Å². The third kappa shape index (κ3) is 7.93. The van der Waals surface area contributed by atoms with Crippen LogP contribution in [0.4, 0.5) is 22.7 Å². The number of hydrogen-bond acceptors (Lipinski definition) is 10. The van der Waals surface area contributed by atoms with E-state index in [-0.39, 0.29) is 25.3 Å². The van der Waals surface area contributed by atoms with Crippen molar-refractivity contribution in [2.75, 3.05) is 42.9 Å². The Bertz CT molecular complexity index is 2290. The van der Waals surface area contributed by atoms with Gasteiger partial charge in [-0.25, -0.2) is 0 Å². The van der Waals surface area contributed by atoms with Crippen molar-refractivity contribution in [2.45, 2.75) is 45.1 Å². The Hall–Kier alpha value is -6.62. The first-order chi connectivity index (χ1) is 27.3. The number of carbonyl (C=O) groups excluding carboxylic acids is 3. The van der Waals surface area contributed by atoms with E-state index in [4.69, 9.17) is 23.9 Å². The third-order valence-electron chi connectivity index (χ3n) is 10.4. The van der Waals surface area contributed by atoms with Crippen LogP contribution < -0.4 is 34.1 Å². The van der Waals surface area contributed by atoms with Crippen molar-refractivity contribution in [2.24, 2.45) is 4.99 Å². The Balaban J connectivity index is 1.04. The fourth-order valence-electron chi connectivity index (χ4n) is 7.42. The van der Waals surface area contributed by atoms with Crippen LogP contribution in [-0.2, 0) is 30.8 Å². The first-order valence-electron chi connectivity index (χ1n) is 18.4. The van der Waals surface area contributed by atoms with Gasteiger partial charge in [0.1, 0.15) is 19.5 Å². The number of nitrogens with one attached hydrogen (secondary N) is 1. The van der Waals surface area contributed by atoms with E-state index in [1.54, 1.807) is 42.5 Å². The van der Waals surface area contributed by atoms with Gasteiger partial charge in [-0.1, -0.05) is 36.4 Å². The zero-order valence-corrected chi connectivity index (χ0v) is 31.9. The average Bonchev–Trinajstić information content (AvgIpc) is 3.76. The molecule has 11 nitrogen and oxygen atoms in total. The number of aliphatic imine (C=N–C) groups is 1. The van der Waals surface area contributed by atoms with Crippen LogP contribution in [0.1, 0.15) is 48.5 Å². The first kappa shape index (κ1) is 37.7. The van der Waals surface area contributed by atoms with E-state index in [9.17, 15) is 14.4 Å². The molecule has 11 heteroatoms. The second-order valence-corrected chi connectivity index (χ2v) is 13.9. The van der Waals surface area contributed by atoms with E-state index in [0.29, 0.717) is 58.5 Å². The van der Waals surface area contributed by atoms with Crippen molar-refractivity contribution in [1.29, 1.82) is 0 Å². The molecular weight excluding hydrogens is 709 g/mol. The highest BCUT2D eigenvalue weighted by atomic mass is 16.5. The first-order valence-corrected chi connectivity index (χ1v) is 18.4. The Morgan fingerprint density at radius 2 is 1.39 bits per heavy atom. The molecule has 0 saturated carbocycles. The minimum Gasteiger partial charge on any atom is -0.493 e. The maximum Gasteiger partial charge on any atom is 0.214 e. The molecule has 0 aromatic heterocycles. The monoisotopic (exact) mass is 752 g/mol. The quantitative estimate of drug-likeness (QED) is 0.0805. The molecular formula is C45H44N4O7. The largest absolute Gasteiger partial charge is 0.493 e. The topological polar surface area (TPSA) is 119 Å². The summed E-state index contributed by atoms with van der Waals surface area (Å²) in [6, 6.07) is 28.8. The highest BCUT2D eigenvalue weighted by molar-refractivity contribution is 5.90. The van der Waals surface area contributed by atoms with Crippen molar-refractivity contribution in [3.63, 3.8) is 0 Å². The lowest BCUT2D eigenvalue weighted by Crippen LogP contribution is -2.34. The normalized spacial score (nSPS) is 15.6. The minimum absolute atomic E-state index is 0.126. The van der Waals surface area contributed by atoms with E-state index in [2.05, 4.69) is 35.5 Å². The number of hydrogen-bond donors (Lipinski definition) is 1. The molecule has 2 atom stereocenters. The Morgan fingerprint density at radius 3 is 2.04 bits per heavy atom. The second kappa shape index (κ2) is 16.8. The zero-order valence-electron chi connectivity index (χ0n) is 31.9. The molecule has 286 valence electrons. The van der Waals surface area contributed by atoms with Gasteiger partial charge < -0.3 is 34.1 Å². The van der Waals surface area contributed by atoms with Crippen molar-refractivity contribution < 1.29 is 33.3 Å². The molecule has 5 aromatic carbocycles. The van der Waals surface area contributed by atoms with Gasteiger partial charge in [0.05, 0.1) is 32.0 Å². The number of anilines is 3. The predicted octanol–water partition coefficient (Wildman–Crippen LogP) is 7.56. The summed E-state index contributed by atoms with van der Waals surface area (Å²) < 4.78 is 23.8. The van der Waals surface area contributed by atoms with Crippen LogP contribution in [0, 0.1) is 6.92 Å². The predicted molar refractivity (Wildman–Crippen MR) is 218 cm³/mol. The van der Waals surface area contributed by atoms with Gasteiger partial charge in [-0.05, 0) is 83.6 Å².